The van der Waals surface area contributed by atoms with Crippen LogP contribution in [0.2, 0.25) is 0 Å². The second kappa shape index (κ2) is 4.96. The van der Waals surface area contributed by atoms with Gasteiger partial charge in [0.1, 0.15) is 5.82 Å². The van der Waals surface area contributed by atoms with Crippen LogP contribution in [0.15, 0.2) is 18.3 Å². The maximum absolute atomic E-state index is 11.8. The second-order valence-electron chi connectivity index (χ2n) is 4.64. The average Bonchev–Trinajstić information content (AvgIpc) is 2.27. The van der Waals surface area contributed by atoms with E-state index in [2.05, 4.69) is 31.1 Å². The lowest BCUT2D eigenvalue weighted by atomic mass is 9.90. The van der Waals surface area contributed by atoms with Crippen LogP contribution >= 0.6 is 0 Å². The first-order valence-corrected chi connectivity index (χ1v) is 5.45. The van der Waals surface area contributed by atoms with Crippen LogP contribution in [-0.4, -0.2) is 17.4 Å². The number of aromatic nitrogens is 1. The van der Waals surface area contributed by atoms with Crippen molar-refractivity contribution in [3.8, 4) is 0 Å². The van der Waals surface area contributed by atoms with E-state index in [1.807, 2.05) is 0 Å². The van der Waals surface area contributed by atoms with Gasteiger partial charge in [0.2, 0.25) is 0 Å². The number of hydrogen-bond acceptors (Lipinski definition) is 3. The third-order valence-corrected chi connectivity index (χ3v) is 2.77. The summed E-state index contributed by atoms with van der Waals surface area (Å²) in [6.45, 7) is 6.96. The van der Waals surface area contributed by atoms with Crippen molar-refractivity contribution in [1.82, 2.24) is 10.3 Å². The fourth-order valence-corrected chi connectivity index (χ4v) is 1.15. The fourth-order valence-electron chi connectivity index (χ4n) is 1.15. The summed E-state index contributed by atoms with van der Waals surface area (Å²) < 4.78 is 0. The van der Waals surface area contributed by atoms with Crippen molar-refractivity contribution < 1.29 is 4.79 Å². The van der Waals surface area contributed by atoms with Crippen LogP contribution in [0, 0.1) is 5.41 Å². The molecule has 0 aliphatic carbocycles. The lowest BCUT2D eigenvalue weighted by Crippen LogP contribution is -2.34. The molecule has 1 aromatic rings. The Kier molecular flexibility index (Phi) is 3.88. The Morgan fingerprint density at radius 2 is 2.25 bits per heavy atom. The standard InChI is InChI=1S/C12H19N3O/c1-4-12(2,3)8-15-11(16)9-6-5-7-14-10(9)13/h5-7H,4,8H2,1-3H3,(H2,13,14)(H,15,16). The highest BCUT2D eigenvalue weighted by molar-refractivity contribution is 5.98. The smallest absolute Gasteiger partial charge is 0.255 e. The van der Waals surface area contributed by atoms with Crippen molar-refractivity contribution in [3.05, 3.63) is 23.9 Å². The largest absolute Gasteiger partial charge is 0.383 e. The van der Waals surface area contributed by atoms with Gasteiger partial charge in [-0.1, -0.05) is 20.8 Å². The molecular formula is C12H19N3O. The van der Waals surface area contributed by atoms with Crippen molar-refractivity contribution in [2.75, 3.05) is 12.3 Å². The molecule has 0 saturated heterocycles. The molecule has 0 unspecified atom stereocenters. The van der Waals surface area contributed by atoms with Gasteiger partial charge < -0.3 is 11.1 Å². The second-order valence-corrected chi connectivity index (χ2v) is 4.64. The quantitative estimate of drug-likeness (QED) is 0.815. The van der Waals surface area contributed by atoms with E-state index in [9.17, 15) is 4.79 Å². The van der Waals surface area contributed by atoms with Crippen LogP contribution in [0.3, 0.4) is 0 Å². The van der Waals surface area contributed by atoms with Crippen molar-refractivity contribution in [3.63, 3.8) is 0 Å². The molecule has 1 aromatic heterocycles. The van der Waals surface area contributed by atoms with Gasteiger partial charge in [0.25, 0.3) is 5.91 Å². The normalized spacial score (nSPS) is 11.2. The van der Waals surface area contributed by atoms with Crippen LogP contribution in [0.5, 0.6) is 0 Å². The Labute approximate surface area is 96.3 Å². The summed E-state index contributed by atoms with van der Waals surface area (Å²) in [4.78, 5) is 15.7. The molecule has 4 nitrogen and oxygen atoms in total. The predicted octanol–water partition coefficient (Wildman–Crippen LogP) is 1.83. The van der Waals surface area contributed by atoms with Crippen molar-refractivity contribution >= 4 is 11.7 Å². The number of anilines is 1. The number of nitrogens with two attached hydrogens (primary N) is 1. The average molecular weight is 221 g/mol. The summed E-state index contributed by atoms with van der Waals surface area (Å²) in [5.74, 6) is 0.112. The number of pyridine rings is 1. The Morgan fingerprint density at radius 1 is 1.56 bits per heavy atom. The third kappa shape index (κ3) is 3.22. The highest BCUT2D eigenvalue weighted by Gasteiger charge is 2.17. The summed E-state index contributed by atoms with van der Waals surface area (Å²) in [7, 11) is 0. The number of nitrogens with zero attached hydrogens (tertiary/aromatic N) is 1. The first-order valence-electron chi connectivity index (χ1n) is 5.45. The zero-order chi connectivity index (χ0) is 12.2. The lowest BCUT2D eigenvalue weighted by molar-refractivity contribution is 0.0936. The highest BCUT2D eigenvalue weighted by atomic mass is 16.1. The monoisotopic (exact) mass is 221 g/mol. The van der Waals surface area contributed by atoms with E-state index in [4.69, 9.17) is 5.73 Å². The number of nitrogens with one attached hydrogen (secondary N) is 1. The molecule has 1 rings (SSSR count). The number of hydrogen-bond donors (Lipinski definition) is 2. The minimum absolute atomic E-state index is 0.104. The molecular weight excluding hydrogens is 202 g/mol. The summed E-state index contributed by atoms with van der Waals surface area (Å²) >= 11 is 0. The Hall–Kier alpha value is -1.58. The number of rotatable bonds is 4. The van der Waals surface area contributed by atoms with Crippen molar-refractivity contribution in [1.29, 1.82) is 0 Å². The van der Waals surface area contributed by atoms with Crippen molar-refractivity contribution in [2.24, 2.45) is 5.41 Å². The Balaban J connectivity index is 2.64. The molecule has 0 saturated carbocycles. The summed E-state index contributed by atoms with van der Waals surface area (Å²) in [6.07, 6.45) is 2.58. The van der Waals surface area contributed by atoms with Gasteiger partial charge in [-0.2, -0.15) is 0 Å². The minimum Gasteiger partial charge on any atom is -0.383 e. The molecule has 0 aliphatic heterocycles. The Morgan fingerprint density at radius 3 is 2.81 bits per heavy atom. The maximum Gasteiger partial charge on any atom is 0.255 e. The molecule has 0 fully saturated rings. The number of carbonyl (C=O) groups excluding carboxylic acids is 1. The Bertz CT molecular complexity index is 374. The number of amides is 1. The van der Waals surface area contributed by atoms with Gasteiger partial charge >= 0.3 is 0 Å². The highest BCUT2D eigenvalue weighted by Crippen LogP contribution is 2.18. The summed E-state index contributed by atoms with van der Waals surface area (Å²) in [5.41, 5.74) is 6.16. The van der Waals surface area contributed by atoms with E-state index in [-0.39, 0.29) is 17.1 Å². The molecule has 88 valence electrons. The van der Waals surface area contributed by atoms with E-state index < -0.39 is 0 Å². The number of nitrogen functional groups attached to an aromatic ring is 1. The van der Waals surface area contributed by atoms with Gasteiger partial charge in [0, 0.05) is 12.7 Å². The van der Waals surface area contributed by atoms with Crippen LogP contribution < -0.4 is 11.1 Å². The van der Waals surface area contributed by atoms with Gasteiger partial charge in [-0.15, -0.1) is 0 Å². The predicted molar refractivity (Wildman–Crippen MR) is 65.1 cm³/mol. The molecule has 1 amide bonds. The first kappa shape index (κ1) is 12.5. The zero-order valence-electron chi connectivity index (χ0n) is 10.1. The minimum atomic E-state index is -0.160. The molecule has 16 heavy (non-hydrogen) atoms. The van der Waals surface area contributed by atoms with Gasteiger partial charge in [0.15, 0.2) is 0 Å². The van der Waals surface area contributed by atoms with E-state index in [1.54, 1.807) is 18.3 Å². The summed E-state index contributed by atoms with van der Waals surface area (Å²) in [6, 6.07) is 3.38. The van der Waals surface area contributed by atoms with Crippen LogP contribution in [0.4, 0.5) is 5.82 Å². The molecule has 0 spiro atoms. The SMILES string of the molecule is CCC(C)(C)CNC(=O)c1cccnc1N. The van der Waals surface area contributed by atoms with Crippen LogP contribution in [0.1, 0.15) is 37.6 Å². The molecule has 0 bridgehead atoms. The topological polar surface area (TPSA) is 68.0 Å². The molecule has 0 radical (unpaired) electrons. The van der Waals surface area contributed by atoms with Gasteiger partial charge in [-0.25, -0.2) is 4.98 Å². The molecule has 4 heteroatoms. The molecule has 1 heterocycles. The van der Waals surface area contributed by atoms with Gasteiger partial charge in [0.05, 0.1) is 5.56 Å². The van der Waals surface area contributed by atoms with Crippen LogP contribution in [0.25, 0.3) is 0 Å². The fraction of sp³-hybridized carbons (Fsp3) is 0.500. The summed E-state index contributed by atoms with van der Waals surface area (Å²) in [5, 5.41) is 2.87. The zero-order valence-corrected chi connectivity index (χ0v) is 10.1. The van der Waals surface area contributed by atoms with Crippen LogP contribution in [-0.2, 0) is 0 Å². The molecule has 0 atom stereocenters. The first-order chi connectivity index (χ1) is 7.46. The van der Waals surface area contributed by atoms with Crippen molar-refractivity contribution in [2.45, 2.75) is 27.2 Å². The maximum atomic E-state index is 11.8. The number of carbonyl (C=O) groups is 1. The van der Waals surface area contributed by atoms with Gasteiger partial charge in [-0.05, 0) is 24.0 Å². The van der Waals surface area contributed by atoms with E-state index in [0.717, 1.165) is 6.42 Å². The van der Waals surface area contributed by atoms with E-state index >= 15 is 0 Å². The lowest BCUT2D eigenvalue weighted by Gasteiger charge is -2.22. The molecule has 0 aromatic carbocycles. The van der Waals surface area contributed by atoms with Gasteiger partial charge in [-0.3, -0.25) is 4.79 Å². The third-order valence-electron chi connectivity index (χ3n) is 2.77. The molecule has 3 N–H and O–H groups in total. The van der Waals surface area contributed by atoms with E-state index in [0.29, 0.717) is 12.1 Å². The molecule has 0 aliphatic rings. The van der Waals surface area contributed by atoms with E-state index in [1.165, 1.54) is 0 Å².